The van der Waals surface area contributed by atoms with Crippen molar-refractivity contribution in [1.82, 2.24) is 0 Å². The molecule has 2 rings (SSSR count). The Morgan fingerprint density at radius 1 is 1.43 bits per heavy atom. The Morgan fingerprint density at radius 2 is 2.14 bits per heavy atom. The average molecular weight is 209 g/mol. The largest absolute Gasteiger partial charge is 0.398 e. The molecule has 1 saturated carbocycles. The summed E-state index contributed by atoms with van der Waals surface area (Å²) in [6, 6.07) is 5.85. The first-order chi connectivity index (χ1) is 6.68. The lowest BCUT2D eigenvalue weighted by atomic mass is 9.65. The molecule has 3 N–H and O–H groups in total. The van der Waals surface area contributed by atoms with Crippen molar-refractivity contribution < 1.29 is 5.11 Å². The van der Waals surface area contributed by atoms with Crippen LogP contribution in [0.5, 0.6) is 0 Å². The molecule has 0 saturated heterocycles. The zero-order chi connectivity index (χ0) is 10.2. The number of hydrogen-bond acceptors (Lipinski definition) is 3. The van der Waals surface area contributed by atoms with Crippen LogP contribution >= 0.6 is 12.6 Å². The van der Waals surface area contributed by atoms with Crippen LogP contribution in [-0.4, -0.2) is 11.7 Å². The van der Waals surface area contributed by atoms with Crippen molar-refractivity contribution in [3.05, 3.63) is 23.8 Å². The number of rotatable bonds is 2. The van der Waals surface area contributed by atoms with E-state index in [4.69, 9.17) is 5.73 Å². The van der Waals surface area contributed by atoms with E-state index in [1.165, 1.54) is 12.0 Å². The van der Waals surface area contributed by atoms with Crippen molar-refractivity contribution in [3.8, 4) is 0 Å². The molecule has 0 bridgehead atoms. The number of aliphatic hydroxyl groups is 1. The summed E-state index contributed by atoms with van der Waals surface area (Å²) >= 11 is 4.29. The molecule has 0 unspecified atom stereocenters. The Morgan fingerprint density at radius 3 is 2.57 bits per heavy atom. The van der Waals surface area contributed by atoms with Crippen LogP contribution in [0.1, 0.15) is 24.8 Å². The van der Waals surface area contributed by atoms with E-state index in [0.717, 1.165) is 17.7 Å². The Labute approximate surface area is 89.5 Å². The smallest absolute Gasteiger partial charge is 0.0527 e. The third kappa shape index (κ3) is 1.41. The van der Waals surface area contributed by atoms with E-state index in [1.807, 2.05) is 18.2 Å². The number of nitrogens with two attached hydrogens (primary N) is 1. The normalized spacial score (nSPS) is 19.0. The molecule has 0 heterocycles. The Bertz CT molecular complexity index is 342. The minimum absolute atomic E-state index is 0.00875. The molecule has 1 fully saturated rings. The van der Waals surface area contributed by atoms with Crippen LogP contribution in [0, 0.1) is 0 Å². The van der Waals surface area contributed by atoms with Crippen LogP contribution in [-0.2, 0) is 5.41 Å². The summed E-state index contributed by atoms with van der Waals surface area (Å²) in [5, 5.41) is 9.39. The molecular weight excluding hydrogens is 194 g/mol. The van der Waals surface area contributed by atoms with Gasteiger partial charge in [0.1, 0.15) is 0 Å². The Kier molecular flexibility index (Phi) is 2.45. The quantitative estimate of drug-likeness (QED) is 0.515. The summed E-state index contributed by atoms with van der Waals surface area (Å²) in [7, 11) is 0. The zero-order valence-corrected chi connectivity index (χ0v) is 8.93. The van der Waals surface area contributed by atoms with Crippen LogP contribution in [0.2, 0.25) is 0 Å². The second-order valence-corrected chi connectivity index (χ2v) is 4.55. The molecule has 0 amide bonds. The second kappa shape index (κ2) is 3.48. The van der Waals surface area contributed by atoms with Gasteiger partial charge in [-0.25, -0.2) is 0 Å². The molecule has 1 aromatic rings. The molecule has 1 aromatic carbocycles. The van der Waals surface area contributed by atoms with E-state index in [2.05, 4.69) is 12.6 Å². The third-order valence-electron chi connectivity index (χ3n) is 3.26. The number of benzene rings is 1. The first-order valence-electron chi connectivity index (χ1n) is 4.88. The summed E-state index contributed by atoms with van der Waals surface area (Å²) in [5.41, 5.74) is 7.56. The fourth-order valence-electron chi connectivity index (χ4n) is 2.02. The van der Waals surface area contributed by atoms with Gasteiger partial charge in [0.05, 0.1) is 6.61 Å². The van der Waals surface area contributed by atoms with Gasteiger partial charge in [-0.05, 0) is 30.5 Å². The number of thiol groups is 1. The lowest BCUT2D eigenvalue weighted by Crippen LogP contribution is -2.37. The molecule has 3 heteroatoms. The van der Waals surface area contributed by atoms with Gasteiger partial charge in [0.25, 0.3) is 0 Å². The van der Waals surface area contributed by atoms with E-state index in [1.54, 1.807) is 0 Å². The van der Waals surface area contributed by atoms with Gasteiger partial charge in [-0.15, -0.1) is 12.6 Å². The van der Waals surface area contributed by atoms with Gasteiger partial charge in [0, 0.05) is 16.0 Å². The highest BCUT2D eigenvalue weighted by atomic mass is 32.1. The monoisotopic (exact) mass is 209 g/mol. The van der Waals surface area contributed by atoms with Gasteiger partial charge in [0.15, 0.2) is 0 Å². The molecule has 14 heavy (non-hydrogen) atoms. The van der Waals surface area contributed by atoms with Crippen LogP contribution in [0.25, 0.3) is 0 Å². The Hall–Kier alpha value is -0.670. The summed E-state index contributed by atoms with van der Waals surface area (Å²) in [4.78, 5) is 0.808. The van der Waals surface area contributed by atoms with Crippen LogP contribution in [0.15, 0.2) is 23.1 Å². The van der Waals surface area contributed by atoms with Gasteiger partial charge in [0.2, 0.25) is 0 Å². The summed E-state index contributed by atoms with van der Waals surface area (Å²) in [5.74, 6) is 0. The number of nitrogen functional groups attached to an aromatic ring is 1. The van der Waals surface area contributed by atoms with Gasteiger partial charge in [-0.1, -0.05) is 12.5 Å². The van der Waals surface area contributed by atoms with E-state index < -0.39 is 0 Å². The van der Waals surface area contributed by atoms with Crippen molar-refractivity contribution in [2.45, 2.75) is 29.6 Å². The maximum absolute atomic E-state index is 9.39. The fourth-order valence-corrected chi connectivity index (χ4v) is 2.23. The average Bonchev–Trinajstić information content (AvgIpc) is 2.10. The minimum Gasteiger partial charge on any atom is -0.398 e. The van der Waals surface area contributed by atoms with Crippen molar-refractivity contribution in [3.63, 3.8) is 0 Å². The highest BCUT2D eigenvalue weighted by Crippen LogP contribution is 2.44. The van der Waals surface area contributed by atoms with Crippen LogP contribution in [0.3, 0.4) is 0 Å². The standard InChI is InChI=1S/C11H15NOS/c12-9-3-2-8(6-10(9)14)11(7-13)4-1-5-11/h2-3,6,13-14H,1,4-5,7,12H2. The van der Waals surface area contributed by atoms with Crippen molar-refractivity contribution in [2.24, 2.45) is 0 Å². The van der Waals surface area contributed by atoms with Crippen LogP contribution < -0.4 is 5.73 Å². The molecular formula is C11H15NOS. The first kappa shape index (κ1) is 9.87. The lowest BCUT2D eigenvalue weighted by molar-refractivity contribution is 0.120. The predicted molar refractivity (Wildman–Crippen MR) is 60.7 cm³/mol. The van der Waals surface area contributed by atoms with E-state index in [9.17, 15) is 5.11 Å². The van der Waals surface area contributed by atoms with Crippen molar-refractivity contribution in [2.75, 3.05) is 12.3 Å². The van der Waals surface area contributed by atoms with Crippen molar-refractivity contribution in [1.29, 1.82) is 0 Å². The molecule has 2 nitrogen and oxygen atoms in total. The molecule has 0 spiro atoms. The molecule has 1 aliphatic carbocycles. The van der Waals surface area contributed by atoms with Crippen LogP contribution in [0.4, 0.5) is 5.69 Å². The zero-order valence-electron chi connectivity index (χ0n) is 8.03. The highest BCUT2D eigenvalue weighted by Gasteiger charge is 2.38. The SMILES string of the molecule is Nc1ccc(C2(CO)CCC2)cc1S. The molecule has 1 aliphatic rings. The Balaban J connectivity index is 2.36. The van der Waals surface area contributed by atoms with Gasteiger partial charge in [-0.2, -0.15) is 0 Å². The summed E-state index contributed by atoms with van der Waals surface area (Å²) in [6.45, 7) is 0.226. The topological polar surface area (TPSA) is 46.2 Å². The van der Waals surface area contributed by atoms with E-state index >= 15 is 0 Å². The third-order valence-corrected chi connectivity index (χ3v) is 3.64. The van der Waals surface area contributed by atoms with E-state index in [0.29, 0.717) is 5.69 Å². The first-order valence-corrected chi connectivity index (χ1v) is 5.32. The van der Waals surface area contributed by atoms with Gasteiger partial charge >= 0.3 is 0 Å². The van der Waals surface area contributed by atoms with Crippen molar-refractivity contribution >= 4 is 18.3 Å². The van der Waals surface area contributed by atoms with Gasteiger partial charge in [-0.3, -0.25) is 0 Å². The van der Waals surface area contributed by atoms with Gasteiger partial charge < -0.3 is 10.8 Å². The lowest BCUT2D eigenvalue weighted by Gasteiger charge is -2.41. The summed E-state index contributed by atoms with van der Waals surface area (Å²) < 4.78 is 0. The number of hydrogen-bond donors (Lipinski definition) is 3. The minimum atomic E-state index is -0.00875. The predicted octanol–water partition coefficient (Wildman–Crippen LogP) is 1.97. The fraction of sp³-hybridized carbons (Fsp3) is 0.455. The number of aliphatic hydroxyl groups excluding tert-OH is 1. The maximum Gasteiger partial charge on any atom is 0.0527 e. The molecule has 0 aromatic heterocycles. The molecule has 0 atom stereocenters. The molecule has 0 aliphatic heterocycles. The highest BCUT2D eigenvalue weighted by molar-refractivity contribution is 7.80. The molecule has 76 valence electrons. The van der Waals surface area contributed by atoms with E-state index in [-0.39, 0.29) is 12.0 Å². The molecule has 0 radical (unpaired) electrons. The maximum atomic E-state index is 9.39. The second-order valence-electron chi connectivity index (χ2n) is 4.07. The number of anilines is 1. The summed E-state index contributed by atoms with van der Waals surface area (Å²) in [6.07, 6.45) is 3.34.